The summed E-state index contributed by atoms with van der Waals surface area (Å²) < 4.78 is 5.17. The molecule has 0 unspecified atom stereocenters. The molecule has 1 aromatic heterocycles. The van der Waals surface area contributed by atoms with Gasteiger partial charge in [-0.3, -0.25) is 4.79 Å². The first-order valence-corrected chi connectivity index (χ1v) is 6.55. The minimum atomic E-state index is 0.0180. The second-order valence-corrected chi connectivity index (χ2v) is 4.92. The van der Waals surface area contributed by atoms with Crippen LogP contribution in [0.25, 0.3) is 0 Å². The lowest BCUT2D eigenvalue weighted by Gasteiger charge is -2.19. The Morgan fingerprint density at radius 1 is 1.47 bits per heavy atom. The highest BCUT2D eigenvalue weighted by atomic mass is 32.1. The van der Waals surface area contributed by atoms with Gasteiger partial charge in [0.05, 0.1) is 24.7 Å². The Balaban J connectivity index is 2.46. The highest BCUT2D eigenvalue weighted by molar-refractivity contribution is 7.13. The summed E-state index contributed by atoms with van der Waals surface area (Å²) in [7, 11) is 0. The summed E-state index contributed by atoms with van der Waals surface area (Å²) in [5.74, 6) is 0.0539. The summed E-state index contributed by atoms with van der Waals surface area (Å²) in [6.07, 6.45) is 0. The number of thiophene rings is 1. The van der Waals surface area contributed by atoms with Gasteiger partial charge in [-0.25, -0.2) is 0 Å². The van der Waals surface area contributed by atoms with E-state index in [0.29, 0.717) is 26.3 Å². The zero-order valence-corrected chi connectivity index (χ0v) is 11.1. The van der Waals surface area contributed by atoms with Crippen molar-refractivity contribution in [2.75, 3.05) is 32.9 Å². The number of ether oxygens (including phenoxy) is 1. The van der Waals surface area contributed by atoms with E-state index in [4.69, 9.17) is 9.84 Å². The van der Waals surface area contributed by atoms with Gasteiger partial charge < -0.3 is 14.7 Å². The van der Waals surface area contributed by atoms with Gasteiger partial charge in [0.2, 0.25) is 0 Å². The van der Waals surface area contributed by atoms with Crippen molar-refractivity contribution < 1.29 is 14.6 Å². The molecule has 0 atom stereocenters. The van der Waals surface area contributed by atoms with Crippen molar-refractivity contribution in [1.29, 1.82) is 0 Å². The van der Waals surface area contributed by atoms with Crippen molar-refractivity contribution in [3.63, 3.8) is 0 Å². The molecule has 0 bridgehead atoms. The van der Waals surface area contributed by atoms with E-state index in [1.54, 1.807) is 4.90 Å². The van der Waals surface area contributed by atoms with E-state index in [2.05, 4.69) is 0 Å². The average molecular weight is 257 g/mol. The first-order chi connectivity index (χ1) is 8.19. The van der Waals surface area contributed by atoms with Gasteiger partial charge in [0, 0.05) is 18.0 Å². The van der Waals surface area contributed by atoms with Gasteiger partial charge in [0.1, 0.15) is 0 Å². The fraction of sp³-hybridized carbons (Fsp3) is 0.583. The number of amides is 1. The normalized spacial score (nSPS) is 10.5. The largest absolute Gasteiger partial charge is 0.394 e. The van der Waals surface area contributed by atoms with E-state index in [9.17, 15) is 4.79 Å². The minimum Gasteiger partial charge on any atom is -0.394 e. The minimum absolute atomic E-state index is 0.0180. The van der Waals surface area contributed by atoms with Crippen LogP contribution >= 0.6 is 11.3 Å². The maximum Gasteiger partial charge on any atom is 0.263 e. The van der Waals surface area contributed by atoms with Crippen LogP contribution < -0.4 is 0 Å². The lowest BCUT2D eigenvalue weighted by molar-refractivity contribution is 0.0582. The predicted molar refractivity (Wildman–Crippen MR) is 68.5 cm³/mol. The van der Waals surface area contributed by atoms with E-state index in [-0.39, 0.29) is 12.5 Å². The third-order valence-corrected chi connectivity index (χ3v) is 3.35. The van der Waals surface area contributed by atoms with Crippen LogP contribution in [0.15, 0.2) is 12.1 Å². The number of carbonyl (C=O) groups excluding carboxylic acids is 1. The maximum absolute atomic E-state index is 12.1. The van der Waals surface area contributed by atoms with Crippen molar-refractivity contribution in [2.45, 2.75) is 13.8 Å². The molecule has 1 N–H and O–H groups in total. The molecule has 1 aromatic rings. The van der Waals surface area contributed by atoms with Crippen LogP contribution in [-0.4, -0.2) is 48.8 Å². The molecule has 1 rings (SSSR count). The zero-order valence-electron chi connectivity index (χ0n) is 10.3. The summed E-state index contributed by atoms with van der Waals surface area (Å²) in [6, 6.07) is 3.81. The number of carbonyl (C=O) groups is 1. The molecule has 0 spiro atoms. The first kappa shape index (κ1) is 14.2. The average Bonchev–Trinajstić information content (AvgIpc) is 2.75. The molecule has 0 aliphatic rings. The van der Waals surface area contributed by atoms with Crippen molar-refractivity contribution in [1.82, 2.24) is 4.90 Å². The number of aryl methyl sites for hydroxylation is 1. The quantitative estimate of drug-likeness (QED) is 0.754. The second-order valence-electron chi connectivity index (χ2n) is 3.63. The summed E-state index contributed by atoms with van der Waals surface area (Å²) in [5.41, 5.74) is 0. The van der Waals surface area contributed by atoms with Crippen LogP contribution in [0.5, 0.6) is 0 Å². The number of aliphatic hydroxyl groups is 1. The van der Waals surface area contributed by atoms with E-state index < -0.39 is 0 Å². The van der Waals surface area contributed by atoms with Gasteiger partial charge in [-0.15, -0.1) is 11.3 Å². The SMILES string of the molecule is CCN(CCOCCO)C(=O)c1ccc(C)s1. The van der Waals surface area contributed by atoms with Gasteiger partial charge in [-0.05, 0) is 26.0 Å². The van der Waals surface area contributed by atoms with Crippen molar-refractivity contribution in [3.05, 3.63) is 21.9 Å². The van der Waals surface area contributed by atoms with Gasteiger partial charge in [0.15, 0.2) is 0 Å². The standard InChI is InChI=1S/C12H19NO3S/c1-3-13(6-8-16-9-7-14)12(15)11-5-4-10(2)17-11/h4-5,14H,3,6-9H2,1-2H3. The molecular weight excluding hydrogens is 238 g/mol. The van der Waals surface area contributed by atoms with Crippen LogP contribution in [0.1, 0.15) is 21.5 Å². The summed E-state index contributed by atoms with van der Waals surface area (Å²) in [4.78, 5) is 15.7. The van der Waals surface area contributed by atoms with Gasteiger partial charge in [0.25, 0.3) is 5.91 Å². The van der Waals surface area contributed by atoms with Gasteiger partial charge in [-0.1, -0.05) is 0 Å². The Labute approximate surface area is 106 Å². The van der Waals surface area contributed by atoms with Crippen LogP contribution in [0.4, 0.5) is 0 Å². The maximum atomic E-state index is 12.1. The fourth-order valence-electron chi connectivity index (χ4n) is 1.45. The molecule has 0 saturated carbocycles. The second kappa shape index (κ2) is 7.42. The predicted octanol–water partition coefficient (Wildman–Crippen LogP) is 1.53. The zero-order chi connectivity index (χ0) is 12.7. The Kier molecular flexibility index (Phi) is 6.18. The molecule has 1 amide bonds. The summed E-state index contributed by atoms with van der Waals surface area (Å²) >= 11 is 1.51. The molecule has 96 valence electrons. The Morgan fingerprint density at radius 3 is 2.76 bits per heavy atom. The molecule has 4 nitrogen and oxygen atoms in total. The van der Waals surface area contributed by atoms with E-state index in [0.717, 1.165) is 9.75 Å². The Bertz CT molecular complexity index is 351. The smallest absolute Gasteiger partial charge is 0.263 e. The van der Waals surface area contributed by atoms with E-state index in [1.807, 2.05) is 26.0 Å². The summed E-state index contributed by atoms with van der Waals surface area (Å²) in [5, 5.41) is 8.57. The van der Waals surface area contributed by atoms with Crippen LogP contribution in [0.2, 0.25) is 0 Å². The molecule has 0 aliphatic carbocycles. The van der Waals surface area contributed by atoms with Gasteiger partial charge in [-0.2, -0.15) is 0 Å². The van der Waals surface area contributed by atoms with Crippen molar-refractivity contribution >= 4 is 17.2 Å². The van der Waals surface area contributed by atoms with Crippen molar-refractivity contribution in [3.8, 4) is 0 Å². The van der Waals surface area contributed by atoms with Gasteiger partial charge >= 0.3 is 0 Å². The van der Waals surface area contributed by atoms with Crippen LogP contribution in [0, 0.1) is 6.92 Å². The molecule has 5 heteroatoms. The topological polar surface area (TPSA) is 49.8 Å². The van der Waals surface area contributed by atoms with Crippen LogP contribution in [0.3, 0.4) is 0 Å². The van der Waals surface area contributed by atoms with Crippen LogP contribution in [-0.2, 0) is 4.74 Å². The molecule has 0 fully saturated rings. The number of hydrogen-bond acceptors (Lipinski definition) is 4. The highest BCUT2D eigenvalue weighted by Crippen LogP contribution is 2.17. The number of nitrogens with zero attached hydrogens (tertiary/aromatic N) is 1. The molecule has 1 heterocycles. The number of likely N-dealkylation sites (N-methyl/N-ethyl adjacent to an activating group) is 1. The first-order valence-electron chi connectivity index (χ1n) is 5.73. The fourth-order valence-corrected chi connectivity index (χ4v) is 2.29. The van der Waals surface area contributed by atoms with E-state index in [1.165, 1.54) is 11.3 Å². The van der Waals surface area contributed by atoms with E-state index >= 15 is 0 Å². The molecule has 0 saturated heterocycles. The lowest BCUT2D eigenvalue weighted by Crippen LogP contribution is -2.33. The molecule has 0 aliphatic heterocycles. The number of hydrogen-bond donors (Lipinski definition) is 1. The molecule has 0 aromatic carbocycles. The number of aliphatic hydroxyl groups excluding tert-OH is 1. The number of rotatable bonds is 7. The van der Waals surface area contributed by atoms with Crippen molar-refractivity contribution in [2.24, 2.45) is 0 Å². The third kappa shape index (κ3) is 4.46. The molecule has 17 heavy (non-hydrogen) atoms. The Morgan fingerprint density at radius 2 is 2.24 bits per heavy atom. The Hall–Kier alpha value is -0.910. The molecular formula is C12H19NO3S. The highest BCUT2D eigenvalue weighted by Gasteiger charge is 2.15. The lowest BCUT2D eigenvalue weighted by atomic mass is 10.3. The summed E-state index contributed by atoms with van der Waals surface area (Å²) in [6.45, 7) is 5.97. The monoisotopic (exact) mass is 257 g/mol. The third-order valence-electron chi connectivity index (χ3n) is 2.36. The molecule has 0 radical (unpaired) electrons.